The van der Waals surface area contributed by atoms with Gasteiger partial charge in [0.25, 0.3) is 0 Å². The van der Waals surface area contributed by atoms with Crippen molar-refractivity contribution in [2.24, 2.45) is 5.92 Å². The van der Waals surface area contributed by atoms with Crippen LogP contribution in [-0.2, 0) is 4.79 Å². The Balaban J connectivity index is 1.61. The Morgan fingerprint density at radius 3 is 2.50 bits per heavy atom. The fraction of sp³-hybridized carbons (Fsp3) is 0.588. The highest BCUT2D eigenvalue weighted by Gasteiger charge is 2.59. The van der Waals surface area contributed by atoms with E-state index >= 15 is 0 Å². The number of hydrogen-bond acceptors (Lipinski definition) is 2. The van der Waals surface area contributed by atoms with Gasteiger partial charge in [0.2, 0.25) is 5.91 Å². The molecule has 1 unspecified atom stereocenters. The lowest BCUT2D eigenvalue weighted by Crippen LogP contribution is -2.37. The van der Waals surface area contributed by atoms with Crippen molar-refractivity contribution in [3.8, 4) is 0 Å². The maximum Gasteiger partial charge on any atom is 0.244 e. The van der Waals surface area contributed by atoms with Crippen molar-refractivity contribution >= 4 is 5.91 Å². The van der Waals surface area contributed by atoms with Gasteiger partial charge < -0.3 is 4.90 Å². The second-order valence-electron chi connectivity index (χ2n) is 6.79. The van der Waals surface area contributed by atoms with E-state index in [4.69, 9.17) is 0 Å². The lowest BCUT2D eigenvalue weighted by Gasteiger charge is -2.33. The summed E-state index contributed by atoms with van der Waals surface area (Å²) >= 11 is 0. The van der Waals surface area contributed by atoms with Crippen LogP contribution >= 0.6 is 0 Å². The zero-order valence-electron chi connectivity index (χ0n) is 12.1. The van der Waals surface area contributed by atoms with Crippen LogP contribution < -0.4 is 5.32 Å². The van der Waals surface area contributed by atoms with Crippen LogP contribution in [-0.4, -0.2) is 22.9 Å². The summed E-state index contributed by atoms with van der Waals surface area (Å²) < 4.78 is 0. The molecule has 3 nitrogen and oxygen atoms in total. The molecule has 1 aromatic carbocycles. The molecule has 3 aliphatic rings. The van der Waals surface area contributed by atoms with Gasteiger partial charge in [0.1, 0.15) is 11.7 Å². The van der Waals surface area contributed by atoms with Gasteiger partial charge in [-0.1, -0.05) is 36.2 Å². The third-order valence-electron chi connectivity index (χ3n) is 5.22. The van der Waals surface area contributed by atoms with E-state index in [0.29, 0.717) is 5.91 Å². The maximum absolute atomic E-state index is 12.7. The maximum atomic E-state index is 12.7. The quantitative estimate of drug-likeness (QED) is 0.916. The van der Waals surface area contributed by atoms with E-state index in [-0.39, 0.29) is 11.7 Å². The highest BCUT2D eigenvalue weighted by molar-refractivity contribution is 5.92. The average molecular weight is 270 g/mol. The van der Waals surface area contributed by atoms with Crippen LogP contribution in [0.5, 0.6) is 0 Å². The Hall–Kier alpha value is -1.35. The van der Waals surface area contributed by atoms with Crippen molar-refractivity contribution < 1.29 is 4.79 Å². The van der Waals surface area contributed by atoms with Crippen LogP contribution in [0.25, 0.3) is 0 Å². The summed E-state index contributed by atoms with van der Waals surface area (Å²) in [4.78, 5) is 14.8. The van der Waals surface area contributed by atoms with Gasteiger partial charge in [0.05, 0.1) is 0 Å². The SMILES string of the molecule is Cc1ccc(C2NC3(CC3)C(=O)N2CC2CCC2)cc1. The van der Waals surface area contributed by atoms with Gasteiger partial charge in [0, 0.05) is 6.54 Å². The first-order valence-corrected chi connectivity index (χ1v) is 7.83. The third-order valence-corrected chi connectivity index (χ3v) is 5.22. The Kier molecular flexibility index (Phi) is 2.68. The summed E-state index contributed by atoms with van der Waals surface area (Å²) in [7, 11) is 0. The second kappa shape index (κ2) is 4.32. The van der Waals surface area contributed by atoms with Crippen molar-refractivity contribution in [1.82, 2.24) is 10.2 Å². The molecule has 1 aliphatic heterocycles. The smallest absolute Gasteiger partial charge is 0.244 e. The molecule has 20 heavy (non-hydrogen) atoms. The highest BCUT2D eigenvalue weighted by atomic mass is 16.2. The topological polar surface area (TPSA) is 32.3 Å². The summed E-state index contributed by atoms with van der Waals surface area (Å²) in [6.07, 6.45) is 6.02. The van der Waals surface area contributed by atoms with E-state index in [0.717, 1.165) is 25.3 Å². The Morgan fingerprint density at radius 1 is 1.25 bits per heavy atom. The first-order valence-electron chi connectivity index (χ1n) is 7.83. The molecule has 0 bridgehead atoms. The number of amides is 1. The predicted octanol–water partition coefficient (Wildman–Crippen LogP) is 2.76. The molecule has 3 heteroatoms. The van der Waals surface area contributed by atoms with E-state index in [1.54, 1.807) is 0 Å². The zero-order valence-corrected chi connectivity index (χ0v) is 12.1. The van der Waals surface area contributed by atoms with Gasteiger partial charge in [-0.15, -0.1) is 0 Å². The van der Waals surface area contributed by atoms with Crippen LogP contribution in [0.4, 0.5) is 0 Å². The zero-order chi connectivity index (χ0) is 13.7. The highest BCUT2D eigenvalue weighted by Crippen LogP contribution is 2.46. The van der Waals surface area contributed by atoms with Gasteiger partial charge in [-0.2, -0.15) is 0 Å². The van der Waals surface area contributed by atoms with E-state index < -0.39 is 0 Å². The fourth-order valence-corrected chi connectivity index (χ4v) is 3.43. The summed E-state index contributed by atoms with van der Waals surface area (Å²) in [6, 6.07) is 8.60. The number of nitrogens with zero attached hydrogens (tertiary/aromatic N) is 1. The lowest BCUT2D eigenvalue weighted by atomic mass is 9.85. The van der Waals surface area contributed by atoms with Crippen LogP contribution in [0.15, 0.2) is 24.3 Å². The number of hydrogen-bond donors (Lipinski definition) is 1. The Morgan fingerprint density at radius 2 is 1.95 bits per heavy atom. The largest absolute Gasteiger partial charge is 0.321 e. The van der Waals surface area contributed by atoms with Crippen molar-refractivity contribution in [2.45, 2.75) is 50.7 Å². The minimum Gasteiger partial charge on any atom is -0.321 e. The molecule has 106 valence electrons. The summed E-state index contributed by atoms with van der Waals surface area (Å²) in [5.41, 5.74) is 2.29. The summed E-state index contributed by atoms with van der Waals surface area (Å²) in [6.45, 7) is 3.04. The van der Waals surface area contributed by atoms with Gasteiger partial charge >= 0.3 is 0 Å². The molecule has 1 amide bonds. The number of aryl methyl sites for hydroxylation is 1. The van der Waals surface area contributed by atoms with Crippen LogP contribution in [0.1, 0.15) is 49.4 Å². The normalized spacial score (nSPS) is 27.9. The molecule has 1 aromatic rings. The standard InChI is InChI=1S/C17H22N2O/c1-12-5-7-14(8-6-12)15-18-17(9-10-17)16(20)19(15)11-13-3-2-4-13/h5-8,13,15,18H,2-4,9-11H2,1H3. The molecule has 1 saturated heterocycles. The van der Waals surface area contributed by atoms with E-state index in [1.165, 1.54) is 30.4 Å². The van der Waals surface area contributed by atoms with Gasteiger partial charge in [-0.3, -0.25) is 10.1 Å². The van der Waals surface area contributed by atoms with Gasteiger partial charge in [-0.25, -0.2) is 0 Å². The van der Waals surface area contributed by atoms with Crippen LogP contribution in [0.3, 0.4) is 0 Å². The molecule has 1 atom stereocenters. The number of carbonyl (C=O) groups is 1. The number of benzene rings is 1. The van der Waals surface area contributed by atoms with Crippen LogP contribution in [0.2, 0.25) is 0 Å². The molecule has 2 saturated carbocycles. The average Bonchev–Trinajstić information content (AvgIpc) is 3.11. The number of carbonyl (C=O) groups excluding carboxylic acids is 1. The fourth-order valence-electron chi connectivity index (χ4n) is 3.43. The number of nitrogens with one attached hydrogen (secondary N) is 1. The molecule has 2 aliphatic carbocycles. The van der Waals surface area contributed by atoms with E-state index in [1.807, 2.05) is 0 Å². The Bertz CT molecular complexity index is 528. The minimum atomic E-state index is -0.209. The van der Waals surface area contributed by atoms with E-state index in [9.17, 15) is 4.79 Å². The first kappa shape index (κ1) is 12.4. The molecule has 0 radical (unpaired) electrons. The van der Waals surface area contributed by atoms with Crippen LogP contribution in [0, 0.1) is 12.8 Å². The molecule has 1 N–H and O–H groups in total. The molecule has 1 heterocycles. The second-order valence-corrected chi connectivity index (χ2v) is 6.79. The summed E-state index contributed by atoms with van der Waals surface area (Å²) in [5, 5.41) is 3.61. The minimum absolute atomic E-state index is 0.0891. The molecular weight excluding hydrogens is 248 g/mol. The van der Waals surface area contributed by atoms with E-state index in [2.05, 4.69) is 41.4 Å². The lowest BCUT2D eigenvalue weighted by molar-refractivity contribution is -0.131. The molecule has 3 fully saturated rings. The first-order chi connectivity index (χ1) is 9.68. The van der Waals surface area contributed by atoms with Crippen molar-refractivity contribution in [3.05, 3.63) is 35.4 Å². The molecule has 1 spiro atoms. The molecule has 0 aromatic heterocycles. The summed E-state index contributed by atoms with van der Waals surface area (Å²) in [5.74, 6) is 1.07. The predicted molar refractivity (Wildman–Crippen MR) is 78.1 cm³/mol. The monoisotopic (exact) mass is 270 g/mol. The molecular formula is C17H22N2O. The van der Waals surface area contributed by atoms with Crippen molar-refractivity contribution in [3.63, 3.8) is 0 Å². The Labute approximate surface area is 120 Å². The number of rotatable bonds is 3. The van der Waals surface area contributed by atoms with Gasteiger partial charge in [-0.05, 0) is 44.1 Å². The molecule has 4 rings (SSSR count). The van der Waals surface area contributed by atoms with Crippen molar-refractivity contribution in [1.29, 1.82) is 0 Å². The van der Waals surface area contributed by atoms with Gasteiger partial charge in [0.15, 0.2) is 0 Å². The third kappa shape index (κ3) is 1.87. The van der Waals surface area contributed by atoms with Crippen molar-refractivity contribution in [2.75, 3.05) is 6.54 Å².